The molecule has 5 heteroatoms. The van der Waals surface area contributed by atoms with Crippen molar-refractivity contribution < 1.29 is 4.52 Å². The van der Waals surface area contributed by atoms with E-state index in [0.717, 1.165) is 29.3 Å². The van der Waals surface area contributed by atoms with Crippen molar-refractivity contribution in [3.63, 3.8) is 0 Å². The van der Waals surface area contributed by atoms with E-state index in [1.54, 1.807) is 0 Å². The van der Waals surface area contributed by atoms with Gasteiger partial charge in [-0.05, 0) is 31.9 Å². The number of rotatable bonds is 5. The molecule has 0 aliphatic heterocycles. The van der Waals surface area contributed by atoms with Gasteiger partial charge in [-0.2, -0.15) is 4.98 Å². The molecule has 2 aromatic rings. The lowest BCUT2D eigenvalue weighted by atomic mass is 10.1. The number of aryl methyl sites for hydroxylation is 1. The van der Waals surface area contributed by atoms with E-state index in [9.17, 15) is 0 Å². The molecule has 0 saturated heterocycles. The molecule has 0 aliphatic rings. The van der Waals surface area contributed by atoms with Crippen LogP contribution in [0.25, 0.3) is 11.4 Å². The lowest BCUT2D eigenvalue weighted by Crippen LogP contribution is -2.14. The summed E-state index contributed by atoms with van der Waals surface area (Å²) in [6.45, 7) is 2.00. The number of nitrogens with two attached hydrogens (primary N) is 1. The molecule has 0 fully saturated rings. The van der Waals surface area contributed by atoms with Crippen molar-refractivity contribution in [1.29, 1.82) is 0 Å². The Morgan fingerprint density at radius 2 is 2.28 bits per heavy atom. The van der Waals surface area contributed by atoms with E-state index in [1.807, 2.05) is 31.2 Å². The molecule has 2 rings (SSSR count). The van der Waals surface area contributed by atoms with Gasteiger partial charge in [0.25, 0.3) is 0 Å². The minimum Gasteiger partial charge on any atom is -0.339 e. The van der Waals surface area contributed by atoms with E-state index in [0.29, 0.717) is 11.7 Å². The molecule has 96 valence electrons. The highest BCUT2D eigenvalue weighted by Crippen LogP contribution is 2.20. The van der Waals surface area contributed by atoms with E-state index in [-0.39, 0.29) is 6.04 Å². The number of hydrogen-bond acceptors (Lipinski definition) is 4. The van der Waals surface area contributed by atoms with Gasteiger partial charge < -0.3 is 10.3 Å². The van der Waals surface area contributed by atoms with Crippen molar-refractivity contribution in [1.82, 2.24) is 10.1 Å². The molecule has 1 heterocycles. The predicted molar refractivity (Wildman–Crippen MR) is 74.0 cm³/mol. The Morgan fingerprint density at radius 3 is 3.00 bits per heavy atom. The van der Waals surface area contributed by atoms with Crippen molar-refractivity contribution in [2.45, 2.75) is 32.2 Å². The third-order valence-electron chi connectivity index (χ3n) is 2.60. The van der Waals surface area contributed by atoms with Gasteiger partial charge in [0.1, 0.15) is 0 Å². The Kier molecular flexibility index (Phi) is 4.49. The van der Waals surface area contributed by atoms with Crippen molar-refractivity contribution in [2.24, 2.45) is 5.73 Å². The van der Waals surface area contributed by atoms with Crippen LogP contribution in [0.1, 0.15) is 25.7 Å². The van der Waals surface area contributed by atoms with Crippen LogP contribution in [-0.2, 0) is 6.42 Å². The minimum absolute atomic E-state index is 0.220. The standard InChI is InChI=1S/C13H16BrN3O/c1-9(15)4-2-7-12-16-13(17-18-12)10-5-3-6-11(14)8-10/h3,5-6,8-9H,2,4,7,15H2,1H3. The lowest BCUT2D eigenvalue weighted by Gasteiger charge is -2.00. The molecule has 18 heavy (non-hydrogen) atoms. The maximum absolute atomic E-state index is 5.70. The average Bonchev–Trinajstić information content (AvgIpc) is 2.77. The van der Waals surface area contributed by atoms with E-state index >= 15 is 0 Å². The fourth-order valence-corrected chi connectivity index (χ4v) is 2.08. The maximum atomic E-state index is 5.70. The molecule has 0 saturated carbocycles. The second kappa shape index (κ2) is 6.11. The normalized spacial score (nSPS) is 12.6. The Morgan fingerprint density at radius 1 is 1.44 bits per heavy atom. The first-order valence-electron chi connectivity index (χ1n) is 5.99. The Hall–Kier alpha value is -1.20. The largest absolute Gasteiger partial charge is 0.339 e. The number of nitrogens with zero attached hydrogens (tertiary/aromatic N) is 2. The minimum atomic E-state index is 0.220. The smallest absolute Gasteiger partial charge is 0.226 e. The fraction of sp³-hybridized carbons (Fsp3) is 0.385. The molecule has 1 aromatic carbocycles. The van der Waals surface area contributed by atoms with Gasteiger partial charge in [-0.1, -0.05) is 33.2 Å². The van der Waals surface area contributed by atoms with Gasteiger partial charge in [0.05, 0.1) is 0 Å². The molecular formula is C13H16BrN3O. The van der Waals surface area contributed by atoms with E-state index in [1.165, 1.54) is 0 Å². The summed E-state index contributed by atoms with van der Waals surface area (Å²) in [7, 11) is 0. The number of benzene rings is 1. The Balaban J connectivity index is 2.02. The quantitative estimate of drug-likeness (QED) is 0.921. The van der Waals surface area contributed by atoms with E-state index < -0.39 is 0 Å². The zero-order valence-corrected chi connectivity index (χ0v) is 11.9. The molecule has 2 N–H and O–H groups in total. The average molecular weight is 310 g/mol. The van der Waals surface area contributed by atoms with Crippen LogP contribution in [0, 0.1) is 0 Å². The molecule has 1 unspecified atom stereocenters. The van der Waals surface area contributed by atoms with Crippen LogP contribution in [0.4, 0.5) is 0 Å². The fourth-order valence-electron chi connectivity index (χ4n) is 1.68. The summed E-state index contributed by atoms with van der Waals surface area (Å²) in [6, 6.07) is 8.06. The predicted octanol–water partition coefficient (Wildman–Crippen LogP) is 3.17. The van der Waals surface area contributed by atoms with E-state index in [2.05, 4.69) is 26.1 Å². The summed E-state index contributed by atoms with van der Waals surface area (Å²) in [6.07, 6.45) is 2.72. The molecule has 1 atom stereocenters. The van der Waals surface area contributed by atoms with Gasteiger partial charge in [0, 0.05) is 22.5 Å². The third kappa shape index (κ3) is 3.65. The van der Waals surface area contributed by atoms with Crippen LogP contribution in [0.5, 0.6) is 0 Å². The third-order valence-corrected chi connectivity index (χ3v) is 3.09. The number of hydrogen-bond donors (Lipinski definition) is 1. The van der Waals surface area contributed by atoms with Crippen molar-refractivity contribution in [2.75, 3.05) is 0 Å². The second-order valence-corrected chi connectivity index (χ2v) is 5.31. The first kappa shape index (κ1) is 13.2. The van der Waals surface area contributed by atoms with Crippen LogP contribution >= 0.6 is 15.9 Å². The monoisotopic (exact) mass is 309 g/mol. The zero-order chi connectivity index (χ0) is 13.0. The van der Waals surface area contributed by atoms with Crippen molar-refractivity contribution in [3.8, 4) is 11.4 Å². The van der Waals surface area contributed by atoms with Gasteiger partial charge in [0.2, 0.25) is 11.7 Å². The van der Waals surface area contributed by atoms with Gasteiger partial charge in [0.15, 0.2) is 0 Å². The maximum Gasteiger partial charge on any atom is 0.226 e. The summed E-state index contributed by atoms with van der Waals surface area (Å²) in [5, 5.41) is 3.99. The second-order valence-electron chi connectivity index (χ2n) is 4.39. The first-order valence-corrected chi connectivity index (χ1v) is 6.78. The lowest BCUT2D eigenvalue weighted by molar-refractivity contribution is 0.373. The van der Waals surface area contributed by atoms with E-state index in [4.69, 9.17) is 10.3 Å². The van der Waals surface area contributed by atoms with Crippen LogP contribution in [0.3, 0.4) is 0 Å². The van der Waals surface area contributed by atoms with Crippen LogP contribution in [-0.4, -0.2) is 16.2 Å². The Labute approximate surface area is 115 Å². The summed E-state index contributed by atoms with van der Waals surface area (Å²) in [5.74, 6) is 1.30. The van der Waals surface area contributed by atoms with Crippen LogP contribution < -0.4 is 5.73 Å². The topological polar surface area (TPSA) is 64.9 Å². The molecule has 0 radical (unpaired) electrons. The summed E-state index contributed by atoms with van der Waals surface area (Å²) < 4.78 is 6.23. The van der Waals surface area contributed by atoms with Gasteiger partial charge >= 0.3 is 0 Å². The van der Waals surface area contributed by atoms with Crippen molar-refractivity contribution >= 4 is 15.9 Å². The number of halogens is 1. The highest BCUT2D eigenvalue weighted by atomic mass is 79.9. The zero-order valence-electron chi connectivity index (χ0n) is 10.3. The number of aromatic nitrogens is 2. The SMILES string of the molecule is CC(N)CCCc1nc(-c2cccc(Br)c2)no1. The molecule has 0 spiro atoms. The van der Waals surface area contributed by atoms with Gasteiger partial charge in [-0.15, -0.1) is 0 Å². The molecule has 0 bridgehead atoms. The summed E-state index contributed by atoms with van der Waals surface area (Å²) in [4.78, 5) is 4.38. The summed E-state index contributed by atoms with van der Waals surface area (Å²) >= 11 is 3.42. The highest BCUT2D eigenvalue weighted by molar-refractivity contribution is 9.10. The van der Waals surface area contributed by atoms with Crippen LogP contribution in [0.15, 0.2) is 33.3 Å². The summed E-state index contributed by atoms with van der Waals surface area (Å²) in [5.41, 5.74) is 6.65. The highest BCUT2D eigenvalue weighted by Gasteiger charge is 2.08. The first-order chi connectivity index (χ1) is 8.65. The van der Waals surface area contributed by atoms with Gasteiger partial charge in [-0.25, -0.2) is 0 Å². The van der Waals surface area contributed by atoms with Gasteiger partial charge in [-0.3, -0.25) is 0 Å². The molecule has 0 aliphatic carbocycles. The Bertz CT molecular complexity index is 510. The molecule has 4 nitrogen and oxygen atoms in total. The molecule has 1 aromatic heterocycles. The molecule has 0 amide bonds. The van der Waals surface area contributed by atoms with Crippen LogP contribution in [0.2, 0.25) is 0 Å². The van der Waals surface area contributed by atoms with Crippen molar-refractivity contribution in [3.05, 3.63) is 34.6 Å². The molecular weight excluding hydrogens is 294 g/mol.